The molecule has 0 amide bonds. The van der Waals surface area contributed by atoms with Crippen LogP contribution in [0, 0.1) is 6.92 Å². The number of benzene rings is 2. The van der Waals surface area contributed by atoms with Crippen molar-refractivity contribution in [2.45, 2.75) is 13.5 Å². The van der Waals surface area contributed by atoms with E-state index in [1.165, 1.54) is 5.56 Å². The van der Waals surface area contributed by atoms with Gasteiger partial charge >= 0.3 is 0 Å². The Balaban J connectivity index is 1.77. The number of fused-ring (bicyclic) bond motifs is 1. The van der Waals surface area contributed by atoms with Crippen LogP contribution in [-0.2, 0) is 6.54 Å². The molecule has 0 spiro atoms. The summed E-state index contributed by atoms with van der Waals surface area (Å²) in [6.45, 7) is 2.77. The molecule has 3 aromatic rings. The Kier molecular flexibility index (Phi) is 3.57. The van der Waals surface area contributed by atoms with E-state index in [9.17, 15) is 0 Å². The molecule has 3 rings (SSSR count). The zero-order valence-electron chi connectivity index (χ0n) is 11.2. The van der Waals surface area contributed by atoms with Crippen LogP contribution in [0.3, 0.4) is 0 Å². The van der Waals surface area contributed by atoms with Crippen molar-refractivity contribution in [3.63, 3.8) is 0 Å². The fraction of sp³-hybridized carbons (Fsp3) is 0.118. The summed E-state index contributed by atoms with van der Waals surface area (Å²) in [5, 5.41) is 5.36. The number of halogens is 1. The lowest BCUT2D eigenvalue weighted by Gasteiger charge is -2.08. The standard InChI is InChI=1S/C17H15ClN2/c1-12-4-5-13(9-16(12)18)11-20-15-6-7-17-14(10-15)3-2-8-19-17/h2-10,20H,11H2,1H3. The van der Waals surface area contributed by atoms with E-state index in [0.29, 0.717) is 0 Å². The van der Waals surface area contributed by atoms with E-state index in [4.69, 9.17) is 11.6 Å². The lowest BCUT2D eigenvalue weighted by atomic mass is 10.1. The minimum absolute atomic E-state index is 0.756. The third-order valence-electron chi connectivity index (χ3n) is 3.34. The summed E-state index contributed by atoms with van der Waals surface area (Å²) in [5.74, 6) is 0. The average molecular weight is 283 g/mol. The van der Waals surface area contributed by atoms with Crippen molar-refractivity contribution in [1.29, 1.82) is 0 Å². The fourth-order valence-corrected chi connectivity index (χ4v) is 2.34. The molecular formula is C17H15ClN2. The number of hydrogen-bond donors (Lipinski definition) is 1. The second-order valence-corrected chi connectivity index (χ2v) is 5.26. The van der Waals surface area contributed by atoms with Crippen LogP contribution in [0.15, 0.2) is 54.7 Å². The molecular weight excluding hydrogens is 268 g/mol. The smallest absolute Gasteiger partial charge is 0.0703 e. The van der Waals surface area contributed by atoms with Crippen molar-refractivity contribution in [3.05, 3.63) is 70.9 Å². The highest BCUT2D eigenvalue weighted by molar-refractivity contribution is 6.31. The van der Waals surface area contributed by atoms with Gasteiger partial charge in [-0.3, -0.25) is 4.98 Å². The van der Waals surface area contributed by atoms with Gasteiger partial charge in [0.1, 0.15) is 0 Å². The molecule has 1 heterocycles. The van der Waals surface area contributed by atoms with Crippen molar-refractivity contribution in [2.75, 3.05) is 5.32 Å². The van der Waals surface area contributed by atoms with Crippen LogP contribution in [0.5, 0.6) is 0 Å². The Labute approximate surface area is 123 Å². The topological polar surface area (TPSA) is 24.9 Å². The van der Waals surface area contributed by atoms with Crippen LogP contribution in [0.4, 0.5) is 5.69 Å². The molecule has 1 N–H and O–H groups in total. The van der Waals surface area contributed by atoms with E-state index in [2.05, 4.69) is 28.5 Å². The van der Waals surface area contributed by atoms with Gasteiger partial charge in [0.2, 0.25) is 0 Å². The highest BCUT2D eigenvalue weighted by atomic mass is 35.5. The van der Waals surface area contributed by atoms with E-state index < -0.39 is 0 Å². The first kappa shape index (κ1) is 12.9. The minimum Gasteiger partial charge on any atom is -0.381 e. The summed E-state index contributed by atoms with van der Waals surface area (Å²) in [7, 11) is 0. The third kappa shape index (κ3) is 2.75. The normalized spacial score (nSPS) is 10.7. The quantitative estimate of drug-likeness (QED) is 0.746. The molecule has 0 unspecified atom stereocenters. The van der Waals surface area contributed by atoms with Gasteiger partial charge in [0, 0.05) is 28.8 Å². The lowest BCUT2D eigenvalue weighted by molar-refractivity contribution is 1.15. The molecule has 0 bridgehead atoms. The molecule has 0 fully saturated rings. The molecule has 0 radical (unpaired) electrons. The first-order valence-corrected chi connectivity index (χ1v) is 6.94. The van der Waals surface area contributed by atoms with Gasteiger partial charge in [0.25, 0.3) is 0 Å². The molecule has 20 heavy (non-hydrogen) atoms. The Morgan fingerprint density at radius 1 is 1.10 bits per heavy atom. The minimum atomic E-state index is 0.756. The molecule has 2 aromatic carbocycles. The van der Waals surface area contributed by atoms with Gasteiger partial charge < -0.3 is 5.32 Å². The monoisotopic (exact) mass is 282 g/mol. The number of pyridine rings is 1. The van der Waals surface area contributed by atoms with E-state index in [1.54, 1.807) is 0 Å². The Bertz CT molecular complexity index is 753. The Morgan fingerprint density at radius 2 is 2.00 bits per heavy atom. The van der Waals surface area contributed by atoms with Gasteiger partial charge in [-0.1, -0.05) is 29.8 Å². The summed E-state index contributed by atoms with van der Waals surface area (Å²) >= 11 is 6.14. The molecule has 0 saturated heterocycles. The predicted molar refractivity (Wildman–Crippen MR) is 85.3 cm³/mol. The second kappa shape index (κ2) is 5.51. The maximum absolute atomic E-state index is 6.14. The molecule has 1 aromatic heterocycles. The molecule has 2 nitrogen and oxygen atoms in total. The third-order valence-corrected chi connectivity index (χ3v) is 3.74. The summed E-state index contributed by atoms with van der Waals surface area (Å²) in [6, 6.07) is 16.3. The predicted octanol–water partition coefficient (Wildman–Crippen LogP) is 4.81. The van der Waals surface area contributed by atoms with Gasteiger partial charge in [-0.25, -0.2) is 0 Å². The molecule has 0 aliphatic rings. The van der Waals surface area contributed by atoms with Gasteiger partial charge in [0.15, 0.2) is 0 Å². The van der Waals surface area contributed by atoms with Crippen molar-refractivity contribution in [3.8, 4) is 0 Å². The molecule has 0 atom stereocenters. The van der Waals surface area contributed by atoms with Crippen molar-refractivity contribution >= 4 is 28.2 Å². The summed E-state index contributed by atoms with van der Waals surface area (Å²) in [6.07, 6.45) is 1.81. The Hall–Kier alpha value is -2.06. The van der Waals surface area contributed by atoms with Crippen molar-refractivity contribution < 1.29 is 0 Å². The van der Waals surface area contributed by atoms with Crippen LogP contribution in [0.25, 0.3) is 10.9 Å². The molecule has 0 aliphatic carbocycles. The van der Waals surface area contributed by atoms with E-state index in [0.717, 1.165) is 33.7 Å². The SMILES string of the molecule is Cc1ccc(CNc2ccc3ncccc3c2)cc1Cl. The number of hydrogen-bond acceptors (Lipinski definition) is 2. The number of nitrogens with zero attached hydrogens (tertiary/aromatic N) is 1. The van der Waals surface area contributed by atoms with Gasteiger partial charge in [0.05, 0.1) is 5.52 Å². The van der Waals surface area contributed by atoms with Crippen LogP contribution in [-0.4, -0.2) is 4.98 Å². The van der Waals surface area contributed by atoms with Crippen molar-refractivity contribution in [2.24, 2.45) is 0 Å². The molecule has 100 valence electrons. The maximum Gasteiger partial charge on any atom is 0.0703 e. The number of aryl methyl sites for hydroxylation is 1. The highest BCUT2D eigenvalue weighted by Gasteiger charge is 2.00. The van der Waals surface area contributed by atoms with Crippen LogP contribution in [0.1, 0.15) is 11.1 Å². The van der Waals surface area contributed by atoms with Crippen LogP contribution < -0.4 is 5.32 Å². The van der Waals surface area contributed by atoms with Gasteiger partial charge in [-0.15, -0.1) is 0 Å². The summed E-state index contributed by atoms with van der Waals surface area (Å²) in [4.78, 5) is 4.32. The highest BCUT2D eigenvalue weighted by Crippen LogP contribution is 2.20. The largest absolute Gasteiger partial charge is 0.381 e. The molecule has 0 saturated carbocycles. The number of anilines is 1. The lowest BCUT2D eigenvalue weighted by Crippen LogP contribution is -1.99. The zero-order chi connectivity index (χ0) is 13.9. The van der Waals surface area contributed by atoms with Crippen molar-refractivity contribution in [1.82, 2.24) is 4.98 Å². The maximum atomic E-state index is 6.14. The molecule has 3 heteroatoms. The van der Waals surface area contributed by atoms with Gasteiger partial charge in [-0.2, -0.15) is 0 Å². The number of nitrogens with one attached hydrogen (secondary N) is 1. The second-order valence-electron chi connectivity index (χ2n) is 4.85. The van der Waals surface area contributed by atoms with Gasteiger partial charge in [-0.05, 0) is 48.4 Å². The van der Waals surface area contributed by atoms with Crippen LogP contribution in [0.2, 0.25) is 5.02 Å². The summed E-state index contributed by atoms with van der Waals surface area (Å²) in [5.41, 5.74) is 4.37. The first-order chi connectivity index (χ1) is 9.72. The van der Waals surface area contributed by atoms with E-state index in [1.807, 2.05) is 43.5 Å². The number of aromatic nitrogens is 1. The molecule has 0 aliphatic heterocycles. The number of rotatable bonds is 3. The van der Waals surface area contributed by atoms with Crippen LogP contribution >= 0.6 is 11.6 Å². The van der Waals surface area contributed by atoms with E-state index >= 15 is 0 Å². The fourth-order valence-electron chi connectivity index (χ4n) is 2.14. The summed E-state index contributed by atoms with van der Waals surface area (Å²) < 4.78 is 0. The van der Waals surface area contributed by atoms with E-state index in [-0.39, 0.29) is 0 Å². The average Bonchev–Trinajstić information content (AvgIpc) is 2.48. The first-order valence-electron chi connectivity index (χ1n) is 6.56. The zero-order valence-corrected chi connectivity index (χ0v) is 12.0. The Morgan fingerprint density at radius 3 is 2.85 bits per heavy atom.